The summed E-state index contributed by atoms with van der Waals surface area (Å²) >= 11 is 5.32. The predicted molar refractivity (Wildman–Crippen MR) is 166 cm³/mol. The fourth-order valence-electron chi connectivity index (χ4n) is 5.59. The molecular weight excluding hydrogens is 600 g/mol. The highest BCUT2D eigenvalue weighted by Crippen LogP contribution is 2.35. The lowest BCUT2D eigenvalue weighted by atomic mass is 9.98. The van der Waals surface area contributed by atoms with E-state index in [0.29, 0.717) is 18.4 Å². The van der Waals surface area contributed by atoms with Crippen molar-refractivity contribution in [1.82, 2.24) is 30.2 Å². The van der Waals surface area contributed by atoms with E-state index in [1.165, 1.54) is 16.5 Å². The van der Waals surface area contributed by atoms with E-state index in [0.717, 1.165) is 22.3 Å². The Bertz CT molecular complexity index is 2180. The molecule has 1 atom stereocenters. The Balaban J connectivity index is 1.18. The molecule has 14 nitrogen and oxygen atoms in total. The molecule has 0 saturated heterocycles. The van der Waals surface area contributed by atoms with Crippen molar-refractivity contribution in [2.24, 2.45) is 0 Å². The number of carbonyl (C=O) groups is 3. The Morgan fingerprint density at radius 3 is 2.58 bits per heavy atom. The van der Waals surface area contributed by atoms with Crippen LogP contribution >= 0.6 is 12.2 Å². The number of amides is 2. The number of nitrogens with zero attached hydrogens (tertiary/aromatic N) is 3. The minimum Gasteiger partial charge on any atom is -0.478 e. The normalized spacial score (nSPS) is 13.9. The molecule has 7 N–H and O–H groups in total. The molecule has 15 heteroatoms. The monoisotopic (exact) mass is 626 g/mol. The van der Waals surface area contributed by atoms with E-state index in [2.05, 4.69) is 31.1 Å². The smallest absolute Gasteiger partial charge is 0.335 e. The molecule has 2 amide bonds. The summed E-state index contributed by atoms with van der Waals surface area (Å²) in [6.45, 7) is 2.14. The molecule has 0 spiro atoms. The lowest BCUT2D eigenvalue weighted by Gasteiger charge is -2.16. The van der Waals surface area contributed by atoms with Gasteiger partial charge in [-0.2, -0.15) is 0 Å². The fraction of sp³-hybridized carbons (Fsp3) is 0.200. The van der Waals surface area contributed by atoms with Crippen LogP contribution in [0.3, 0.4) is 0 Å². The van der Waals surface area contributed by atoms with Gasteiger partial charge in [0.25, 0.3) is 28.4 Å². The highest BCUT2D eigenvalue weighted by atomic mass is 32.1. The topological polar surface area (TPSA) is 214 Å². The first-order chi connectivity index (χ1) is 21.5. The number of carbonyl (C=O) groups excluding carboxylic acids is 2. The molecular formula is C30H26N8O6S. The highest BCUT2D eigenvalue weighted by Gasteiger charge is 2.29. The molecule has 45 heavy (non-hydrogen) atoms. The Morgan fingerprint density at radius 2 is 1.84 bits per heavy atom. The van der Waals surface area contributed by atoms with Crippen LogP contribution < -0.4 is 32.5 Å². The Hall–Kier alpha value is -5.70. The van der Waals surface area contributed by atoms with Crippen LogP contribution in [0.15, 0.2) is 52.1 Å². The molecule has 1 aliphatic carbocycles. The van der Waals surface area contributed by atoms with Gasteiger partial charge >= 0.3 is 5.97 Å². The van der Waals surface area contributed by atoms with E-state index in [1.54, 1.807) is 25.1 Å². The van der Waals surface area contributed by atoms with Crippen molar-refractivity contribution in [1.29, 1.82) is 0 Å². The number of nitrogens with two attached hydrogens (primary N) is 1. The summed E-state index contributed by atoms with van der Waals surface area (Å²) in [6.07, 6.45) is 1.19. The number of aromatic nitrogens is 4. The molecule has 0 aliphatic heterocycles. The van der Waals surface area contributed by atoms with Gasteiger partial charge in [-0.3, -0.25) is 19.2 Å². The van der Waals surface area contributed by atoms with Crippen LogP contribution in [-0.2, 0) is 19.5 Å². The summed E-state index contributed by atoms with van der Waals surface area (Å²) in [5.41, 5.74) is 8.42. The number of aromatic carboxylic acids is 1. The van der Waals surface area contributed by atoms with Crippen molar-refractivity contribution in [2.45, 2.75) is 38.9 Å². The molecule has 0 fully saturated rings. The van der Waals surface area contributed by atoms with E-state index in [1.807, 2.05) is 12.1 Å². The summed E-state index contributed by atoms with van der Waals surface area (Å²) in [4.78, 5) is 65.6. The molecule has 5 aromatic rings. The standard InChI is InChI=1S/C30H26N8O6S/c1-13-16-7-8-19(18(16)6-5-17(13)28(43)44)34-27(42)21-10-20(35-29-36-37-30(45)38(21)29)26(41)33-12-15-4-2-3-14(9-15)11-32-23-22(31)24(39)25(23)40/h2-6,9-10,19,32H,7-8,11-12,31H2,1H3,(H,33,41)(H,34,42)(H,37,45)(H,43,44)/t19-/m0/s1. The van der Waals surface area contributed by atoms with Gasteiger partial charge < -0.3 is 26.8 Å². The highest BCUT2D eigenvalue weighted by molar-refractivity contribution is 7.71. The third kappa shape index (κ3) is 5.33. The van der Waals surface area contributed by atoms with Crippen molar-refractivity contribution in [3.63, 3.8) is 0 Å². The molecule has 6 rings (SSSR count). The van der Waals surface area contributed by atoms with Crippen LogP contribution in [0.25, 0.3) is 5.78 Å². The second kappa shape index (κ2) is 11.4. The number of H-pyrrole nitrogens is 1. The summed E-state index contributed by atoms with van der Waals surface area (Å²) in [5, 5.41) is 24.8. The Kier molecular flexibility index (Phi) is 7.46. The summed E-state index contributed by atoms with van der Waals surface area (Å²) < 4.78 is 1.47. The number of nitrogens with one attached hydrogen (secondary N) is 4. The molecule has 0 bridgehead atoms. The maximum absolute atomic E-state index is 13.6. The zero-order valence-corrected chi connectivity index (χ0v) is 24.6. The van der Waals surface area contributed by atoms with Gasteiger partial charge in [-0.25, -0.2) is 19.3 Å². The molecule has 0 radical (unpaired) electrons. The number of carboxylic acids is 1. The van der Waals surface area contributed by atoms with Crippen LogP contribution in [0.5, 0.6) is 0 Å². The first-order valence-corrected chi connectivity index (χ1v) is 14.3. The lowest BCUT2D eigenvalue weighted by molar-refractivity contribution is 0.0695. The van der Waals surface area contributed by atoms with Crippen molar-refractivity contribution >= 4 is 47.2 Å². The zero-order chi connectivity index (χ0) is 32.0. The van der Waals surface area contributed by atoms with Crippen LogP contribution in [0, 0.1) is 11.7 Å². The van der Waals surface area contributed by atoms with Gasteiger partial charge in [-0.15, -0.1) is 5.10 Å². The minimum atomic E-state index is -1.00. The van der Waals surface area contributed by atoms with E-state index < -0.39 is 28.6 Å². The largest absolute Gasteiger partial charge is 0.478 e. The molecule has 2 aromatic heterocycles. The third-order valence-corrected chi connectivity index (χ3v) is 8.22. The number of nitrogen functional groups attached to an aromatic ring is 1. The van der Waals surface area contributed by atoms with Crippen molar-refractivity contribution in [2.75, 3.05) is 11.1 Å². The number of aromatic amines is 1. The SMILES string of the molecule is Cc1c(C(=O)O)ccc2c1CC[C@@H]2NC(=O)c1cc(C(=O)NCc2cccc(CNc3c(N)c(=O)c3=O)c2)nc2n[nH]c(=S)n12. The van der Waals surface area contributed by atoms with Gasteiger partial charge in [0, 0.05) is 13.1 Å². The van der Waals surface area contributed by atoms with Crippen LogP contribution in [0.4, 0.5) is 11.4 Å². The Morgan fingerprint density at radius 1 is 1.09 bits per heavy atom. The van der Waals surface area contributed by atoms with E-state index in [9.17, 15) is 29.1 Å². The number of benzene rings is 2. The van der Waals surface area contributed by atoms with Crippen molar-refractivity contribution < 1.29 is 19.5 Å². The van der Waals surface area contributed by atoms with Crippen LogP contribution in [0.2, 0.25) is 0 Å². The summed E-state index contributed by atoms with van der Waals surface area (Å²) in [6, 6.07) is 11.5. The number of anilines is 2. The van der Waals surface area contributed by atoms with E-state index in [-0.39, 0.29) is 58.0 Å². The molecule has 2 heterocycles. The van der Waals surface area contributed by atoms with E-state index in [4.69, 9.17) is 18.0 Å². The fourth-order valence-corrected chi connectivity index (χ4v) is 5.82. The third-order valence-electron chi connectivity index (χ3n) is 7.94. The zero-order valence-electron chi connectivity index (χ0n) is 23.8. The number of hydrogen-bond acceptors (Lipinski definition) is 10. The van der Waals surface area contributed by atoms with E-state index >= 15 is 0 Å². The minimum absolute atomic E-state index is 0.0391. The number of rotatable bonds is 9. The van der Waals surface area contributed by atoms with Gasteiger partial charge in [-0.1, -0.05) is 30.3 Å². The average molecular weight is 627 g/mol. The van der Waals surface area contributed by atoms with Gasteiger partial charge in [-0.05, 0) is 71.9 Å². The number of fused-ring (bicyclic) bond motifs is 2. The predicted octanol–water partition coefficient (Wildman–Crippen LogP) is 1.93. The van der Waals surface area contributed by atoms with Gasteiger partial charge in [0.2, 0.25) is 4.77 Å². The van der Waals surface area contributed by atoms with Crippen LogP contribution in [0.1, 0.15) is 71.6 Å². The summed E-state index contributed by atoms with van der Waals surface area (Å²) in [5.74, 6) is -2.02. The first-order valence-electron chi connectivity index (χ1n) is 13.9. The molecule has 1 aliphatic rings. The number of hydrogen-bond donors (Lipinski definition) is 6. The van der Waals surface area contributed by atoms with Crippen LogP contribution in [-0.4, -0.2) is 42.5 Å². The van der Waals surface area contributed by atoms with Gasteiger partial charge in [0.05, 0.1) is 11.6 Å². The van der Waals surface area contributed by atoms with Crippen molar-refractivity contribution in [3.05, 3.63) is 112 Å². The quantitative estimate of drug-likeness (QED) is 0.103. The van der Waals surface area contributed by atoms with Gasteiger partial charge in [0.15, 0.2) is 0 Å². The summed E-state index contributed by atoms with van der Waals surface area (Å²) in [7, 11) is 0. The van der Waals surface area contributed by atoms with Crippen molar-refractivity contribution in [3.8, 4) is 0 Å². The Labute approximate surface area is 259 Å². The second-order valence-corrected chi connectivity index (χ2v) is 11.1. The lowest BCUT2D eigenvalue weighted by Crippen LogP contribution is -2.36. The molecule has 0 unspecified atom stereocenters. The maximum Gasteiger partial charge on any atom is 0.335 e. The molecule has 228 valence electrons. The number of carboxylic acid groups (broad SMARTS) is 1. The maximum atomic E-state index is 13.6. The second-order valence-electron chi connectivity index (χ2n) is 10.7. The molecule has 3 aromatic carbocycles. The first kappa shape index (κ1) is 29.4. The van der Waals surface area contributed by atoms with Gasteiger partial charge in [0.1, 0.15) is 22.8 Å². The average Bonchev–Trinajstić information content (AvgIpc) is 3.62. The molecule has 0 saturated carbocycles.